The highest BCUT2D eigenvalue weighted by Crippen LogP contribution is 2.51. The van der Waals surface area contributed by atoms with Crippen LogP contribution in [0.4, 0.5) is 0 Å². The number of rotatable bonds is 3. The molecule has 0 heterocycles. The number of methoxy groups -OCH3 is 1. The lowest BCUT2D eigenvalue weighted by atomic mass is 9.74. The summed E-state index contributed by atoms with van der Waals surface area (Å²) in [5.74, 6) is 1.73. The number of ether oxygens (including phenoxy) is 2. The summed E-state index contributed by atoms with van der Waals surface area (Å²) in [6.45, 7) is 0.299. The number of fused-ring (bicyclic) bond motifs is 5. The second-order valence-electron chi connectivity index (χ2n) is 4.85. The smallest absolute Gasteiger partial charge is 0.159 e. The van der Waals surface area contributed by atoms with Gasteiger partial charge >= 0.3 is 0 Å². The molecule has 0 aliphatic heterocycles. The number of allylic oxidation sites excluding steroid dienone is 3. The lowest BCUT2D eigenvalue weighted by Gasteiger charge is -2.34. The Hall–Kier alpha value is -0.930. The van der Waals surface area contributed by atoms with Crippen molar-refractivity contribution in [3.63, 3.8) is 0 Å². The van der Waals surface area contributed by atoms with Gasteiger partial charge in [0.2, 0.25) is 0 Å². The normalized spacial score (nSPS) is 44.1. The molecule has 0 unspecified atom stereocenters. The number of carbonyl (C=O) groups excluding carboxylic acids is 1. The lowest BCUT2D eigenvalue weighted by molar-refractivity contribution is -0.127. The van der Waals surface area contributed by atoms with Gasteiger partial charge in [-0.05, 0) is 24.3 Å². The van der Waals surface area contributed by atoms with Gasteiger partial charge in [0, 0.05) is 18.9 Å². The van der Waals surface area contributed by atoms with E-state index in [1.165, 1.54) is 0 Å². The molecule has 86 valence electrons. The molecule has 0 N–H and O–H groups in total. The molecule has 5 atom stereocenters. The molecule has 0 aromatic rings. The number of carbonyl (C=O) groups is 1. The predicted molar refractivity (Wildman–Crippen MR) is 58.6 cm³/mol. The Kier molecular flexibility index (Phi) is 2.45. The van der Waals surface area contributed by atoms with Crippen molar-refractivity contribution in [2.45, 2.75) is 12.5 Å². The van der Waals surface area contributed by atoms with Crippen LogP contribution in [0.2, 0.25) is 0 Å². The van der Waals surface area contributed by atoms with Crippen LogP contribution in [0.1, 0.15) is 6.42 Å². The van der Waals surface area contributed by atoms with E-state index in [1.54, 1.807) is 13.2 Å². The molecular formula is C13H16O3. The molecule has 1 saturated carbocycles. The van der Waals surface area contributed by atoms with Crippen molar-refractivity contribution >= 4 is 5.78 Å². The highest BCUT2D eigenvalue weighted by molar-refractivity contribution is 5.94. The van der Waals surface area contributed by atoms with Crippen molar-refractivity contribution in [1.29, 1.82) is 0 Å². The highest BCUT2D eigenvalue weighted by atomic mass is 16.7. The average molecular weight is 220 g/mol. The zero-order chi connectivity index (χ0) is 11.1. The second-order valence-corrected chi connectivity index (χ2v) is 4.85. The van der Waals surface area contributed by atoms with Gasteiger partial charge in [-0.1, -0.05) is 18.2 Å². The fourth-order valence-corrected chi connectivity index (χ4v) is 3.45. The van der Waals surface area contributed by atoms with E-state index in [0.29, 0.717) is 24.5 Å². The summed E-state index contributed by atoms with van der Waals surface area (Å²) in [6.07, 6.45) is 9.21. The molecule has 0 aromatic heterocycles. The molecule has 1 fully saturated rings. The van der Waals surface area contributed by atoms with Crippen molar-refractivity contribution in [1.82, 2.24) is 0 Å². The predicted octanol–water partition coefficient (Wildman–Crippen LogP) is 1.55. The van der Waals surface area contributed by atoms with E-state index in [4.69, 9.17) is 9.47 Å². The third kappa shape index (κ3) is 1.39. The van der Waals surface area contributed by atoms with Crippen molar-refractivity contribution < 1.29 is 14.3 Å². The molecule has 3 aliphatic rings. The summed E-state index contributed by atoms with van der Waals surface area (Å²) in [5.41, 5.74) is 0. The van der Waals surface area contributed by atoms with Crippen molar-refractivity contribution in [3.05, 3.63) is 24.3 Å². The fourth-order valence-electron chi connectivity index (χ4n) is 3.45. The summed E-state index contributed by atoms with van der Waals surface area (Å²) in [4.78, 5) is 11.9. The summed E-state index contributed by atoms with van der Waals surface area (Å²) in [5, 5.41) is 0. The van der Waals surface area contributed by atoms with E-state index in [-0.39, 0.29) is 17.8 Å². The zero-order valence-corrected chi connectivity index (χ0v) is 9.34. The van der Waals surface area contributed by atoms with Crippen LogP contribution in [-0.2, 0) is 14.3 Å². The molecule has 0 aromatic carbocycles. The van der Waals surface area contributed by atoms with E-state index in [9.17, 15) is 4.79 Å². The molecule has 16 heavy (non-hydrogen) atoms. The molecule has 0 amide bonds. The van der Waals surface area contributed by atoms with E-state index < -0.39 is 0 Å². The molecule has 0 saturated heterocycles. The Morgan fingerprint density at radius 3 is 2.94 bits per heavy atom. The van der Waals surface area contributed by atoms with Gasteiger partial charge in [0.1, 0.15) is 6.79 Å². The summed E-state index contributed by atoms with van der Waals surface area (Å²) < 4.78 is 10.6. The maximum absolute atomic E-state index is 11.9. The van der Waals surface area contributed by atoms with Gasteiger partial charge < -0.3 is 9.47 Å². The van der Waals surface area contributed by atoms with Crippen LogP contribution in [0.5, 0.6) is 0 Å². The first kappa shape index (κ1) is 10.2. The molecule has 3 heteroatoms. The molecule has 0 spiro atoms. The van der Waals surface area contributed by atoms with Crippen LogP contribution in [-0.4, -0.2) is 25.8 Å². The quantitative estimate of drug-likeness (QED) is 0.535. The molecule has 3 rings (SSSR count). The highest BCUT2D eigenvalue weighted by Gasteiger charge is 2.51. The van der Waals surface area contributed by atoms with Crippen LogP contribution in [0.3, 0.4) is 0 Å². The standard InChI is InChI=1S/C13H16O3/c1-15-7-16-11-5-4-10(14)12-8-2-3-9(6-8)13(11)12/h2-5,8-9,11-13H,6-7H2,1H3/t8-,9+,11-,12+,13-/m0/s1. The van der Waals surface area contributed by atoms with Crippen molar-refractivity contribution in [3.8, 4) is 0 Å². The van der Waals surface area contributed by atoms with Gasteiger partial charge in [-0.3, -0.25) is 4.79 Å². The first-order valence-electron chi connectivity index (χ1n) is 5.82. The Bertz CT molecular complexity index is 358. The van der Waals surface area contributed by atoms with Crippen LogP contribution >= 0.6 is 0 Å². The number of hydrogen-bond donors (Lipinski definition) is 0. The van der Waals surface area contributed by atoms with Crippen molar-refractivity contribution in [2.75, 3.05) is 13.9 Å². The van der Waals surface area contributed by atoms with Gasteiger partial charge in [-0.25, -0.2) is 0 Å². The first-order chi connectivity index (χ1) is 7.81. The Labute approximate surface area is 95.1 Å². The largest absolute Gasteiger partial charge is 0.359 e. The molecule has 0 radical (unpaired) electrons. The molecule has 3 nitrogen and oxygen atoms in total. The maximum Gasteiger partial charge on any atom is 0.159 e. The second kappa shape index (κ2) is 3.82. The summed E-state index contributed by atoms with van der Waals surface area (Å²) in [7, 11) is 1.62. The molecular weight excluding hydrogens is 204 g/mol. The first-order valence-corrected chi connectivity index (χ1v) is 5.82. The minimum Gasteiger partial charge on any atom is -0.359 e. The van der Waals surface area contributed by atoms with E-state index in [1.807, 2.05) is 6.08 Å². The zero-order valence-electron chi connectivity index (χ0n) is 9.34. The van der Waals surface area contributed by atoms with E-state index >= 15 is 0 Å². The average Bonchev–Trinajstić information content (AvgIpc) is 2.89. The topological polar surface area (TPSA) is 35.5 Å². The molecule has 2 bridgehead atoms. The van der Waals surface area contributed by atoms with Crippen LogP contribution in [0.15, 0.2) is 24.3 Å². The Balaban J connectivity index is 1.84. The monoisotopic (exact) mass is 220 g/mol. The third-order valence-electron chi connectivity index (χ3n) is 4.06. The lowest BCUT2D eigenvalue weighted by Crippen LogP contribution is -2.39. The van der Waals surface area contributed by atoms with Crippen LogP contribution in [0, 0.1) is 23.7 Å². The minimum atomic E-state index is 0.0441. The number of hydrogen-bond acceptors (Lipinski definition) is 3. The van der Waals surface area contributed by atoms with Crippen molar-refractivity contribution in [2.24, 2.45) is 23.7 Å². The SMILES string of the molecule is COCO[C@H]1C=CC(=O)[C@@H]2[C@H]1[C@@H]1C=C[C@H]2C1. The van der Waals surface area contributed by atoms with Gasteiger partial charge in [0.15, 0.2) is 5.78 Å². The van der Waals surface area contributed by atoms with Gasteiger partial charge in [-0.2, -0.15) is 0 Å². The van der Waals surface area contributed by atoms with Gasteiger partial charge in [0.05, 0.1) is 6.10 Å². The van der Waals surface area contributed by atoms with E-state index in [0.717, 1.165) is 6.42 Å². The minimum absolute atomic E-state index is 0.0441. The fraction of sp³-hybridized carbons (Fsp3) is 0.615. The number of ketones is 1. The summed E-state index contributed by atoms with van der Waals surface area (Å²) in [6, 6.07) is 0. The van der Waals surface area contributed by atoms with Crippen LogP contribution in [0.25, 0.3) is 0 Å². The summed E-state index contributed by atoms with van der Waals surface area (Å²) >= 11 is 0. The van der Waals surface area contributed by atoms with E-state index in [2.05, 4.69) is 12.2 Å². The van der Waals surface area contributed by atoms with Gasteiger partial charge in [0.25, 0.3) is 0 Å². The Morgan fingerprint density at radius 1 is 1.31 bits per heavy atom. The van der Waals surface area contributed by atoms with Gasteiger partial charge in [-0.15, -0.1) is 0 Å². The molecule has 3 aliphatic carbocycles. The van der Waals surface area contributed by atoms with Crippen LogP contribution < -0.4 is 0 Å². The maximum atomic E-state index is 11.9. The Morgan fingerprint density at radius 2 is 2.12 bits per heavy atom. The third-order valence-corrected chi connectivity index (χ3v) is 4.06.